The fourth-order valence-corrected chi connectivity index (χ4v) is 5.33. The number of carbonyl (C=O) groups excluding carboxylic acids is 1. The van der Waals surface area contributed by atoms with Gasteiger partial charge in [0.2, 0.25) is 5.91 Å². The second kappa shape index (κ2) is 12.1. The molecule has 3 aromatic carbocycles. The van der Waals surface area contributed by atoms with Crippen LogP contribution in [-0.2, 0) is 17.8 Å². The monoisotopic (exact) mass is 566 g/mol. The van der Waals surface area contributed by atoms with E-state index in [-0.39, 0.29) is 11.8 Å². The van der Waals surface area contributed by atoms with Gasteiger partial charge in [-0.3, -0.25) is 4.79 Å². The summed E-state index contributed by atoms with van der Waals surface area (Å²) in [6, 6.07) is 25.3. The molecule has 0 bridgehead atoms. The maximum absolute atomic E-state index is 13.8. The molecule has 2 aromatic heterocycles. The van der Waals surface area contributed by atoms with Gasteiger partial charge in [-0.05, 0) is 60.4 Å². The van der Waals surface area contributed by atoms with Crippen LogP contribution >= 0.6 is 11.6 Å². The standard InChI is InChI=1S/C34H35ClN4O2/c1-21(2)32-37-22(3)30-29(19-24-9-7-6-8-10-24)31(26-13-15-27(35)16-14-26)39(33(30)38-32)23(4)34(40)36-20-25-11-17-28(41-5)18-12-25/h6-18,21,23H,19-20H2,1-5H3,(H,36,40). The van der Waals surface area contributed by atoms with Crippen molar-refractivity contribution in [1.82, 2.24) is 19.9 Å². The lowest BCUT2D eigenvalue weighted by molar-refractivity contribution is -0.123. The van der Waals surface area contributed by atoms with Crippen molar-refractivity contribution in [3.8, 4) is 17.0 Å². The number of methoxy groups -OCH3 is 1. The van der Waals surface area contributed by atoms with Crippen LogP contribution in [-0.4, -0.2) is 27.6 Å². The molecule has 0 radical (unpaired) electrons. The highest BCUT2D eigenvalue weighted by molar-refractivity contribution is 6.30. The lowest BCUT2D eigenvalue weighted by Crippen LogP contribution is -2.31. The Hall–Kier alpha value is -4.16. The van der Waals surface area contributed by atoms with Crippen molar-refractivity contribution < 1.29 is 9.53 Å². The Balaban J connectivity index is 1.67. The molecule has 0 fully saturated rings. The molecule has 0 saturated carbocycles. The topological polar surface area (TPSA) is 69.0 Å². The predicted octanol–water partition coefficient (Wildman–Crippen LogP) is 7.66. The highest BCUT2D eigenvalue weighted by Crippen LogP contribution is 2.39. The lowest BCUT2D eigenvalue weighted by Gasteiger charge is -2.20. The van der Waals surface area contributed by atoms with Gasteiger partial charge in [0.15, 0.2) is 0 Å². The van der Waals surface area contributed by atoms with E-state index in [1.54, 1.807) is 7.11 Å². The van der Waals surface area contributed by atoms with E-state index in [1.807, 2.05) is 80.6 Å². The Morgan fingerprint density at radius 1 is 0.927 bits per heavy atom. The Labute approximate surface area is 246 Å². The number of rotatable bonds is 9. The van der Waals surface area contributed by atoms with Gasteiger partial charge in [0.25, 0.3) is 0 Å². The maximum Gasteiger partial charge on any atom is 0.243 e. The third-order valence-electron chi connectivity index (χ3n) is 7.40. The number of amides is 1. The largest absolute Gasteiger partial charge is 0.497 e. The first-order valence-corrected chi connectivity index (χ1v) is 14.3. The average molecular weight is 567 g/mol. The maximum atomic E-state index is 13.8. The van der Waals surface area contributed by atoms with Crippen LogP contribution in [0.15, 0.2) is 78.9 Å². The van der Waals surface area contributed by atoms with E-state index >= 15 is 0 Å². The van der Waals surface area contributed by atoms with E-state index in [0.29, 0.717) is 18.0 Å². The third-order valence-corrected chi connectivity index (χ3v) is 7.65. The number of ether oxygens (including phenoxy) is 1. The van der Waals surface area contributed by atoms with Gasteiger partial charge in [0.1, 0.15) is 23.3 Å². The SMILES string of the molecule is COc1ccc(CNC(=O)C(C)n2c(-c3ccc(Cl)cc3)c(Cc3ccccc3)c3c(C)nc(C(C)C)nc32)cc1. The zero-order valence-corrected chi connectivity index (χ0v) is 24.9. The Morgan fingerprint density at radius 3 is 2.24 bits per heavy atom. The first-order chi connectivity index (χ1) is 19.8. The number of nitrogens with zero attached hydrogens (tertiary/aromatic N) is 3. The van der Waals surface area contributed by atoms with Crippen LogP contribution in [0.5, 0.6) is 5.75 Å². The second-order valence-corrected chi connectivity index (χ2v) is 11.1. The molecule has 0 aliphatic rings. The van der Waals surface area contributed by atoms with E-state index in [1.165, 1.54) is 5.56 Å². The van der Waals surface area contributed by atoms with Crippen molar-refractivity contribution in [3.63, 3.8) is 0 Å². The number of carbonyl (C=O) groups is 1. The van der Waals surface area contributed by atoms with Gasteiger partial charge < -0.3 is 14.6 Å². The average Bonchev–Trinajstić information content (AvgIpc) is 3.30. The Kier molecular flexibility index (Phi) is 8.41. The minimum absolute atomic E-state index is 0.0958. The summed E-state index contributed by atoms with van der Waals surface area (Å²) < 4.78 is 7.35. The fraction of sp³-hybridized carbons (Fsp3) is 0.265. The van der Waals surface area contributed by atoms with E-state index in [9.17, 15) is 4.79 Å². The summed E-state index contributed by atoms with van der Waals surface area (Å²) in [5.41, 5.74) is 6.85. The molecule has 5 rings (SSSR count). The summed E-state index contributed by atoms with van der Waals surface area (Å²) in [7, 11) is 1.64. The number of hydrogen-bond donors (Lipinski definition) is 1. The summed E-state index contributed by atoms with van der Waals surface area (Å²) in [6.07, 6.45) is 0.674. The number of fused-ring (bicyclic) bond motifs is 1. The summed E-state index contributed by atoms with van der Waals surface area (Å²) in [6.45, 7) is 8.55. The molecular weight excluding hydrogens is 532 g/mol. The molecule has 1 amide bonds. The molecule has 1 N–H and O–H groups in total. The van der Waals surface area contributed by atoms with Crippen LogP contribution in [0.3, 0.4) is 0 Å². The third kappa shape index (κ3) is 5.98. The van der Waals surface area contributed by atoms with E-state index < -0.39 is 6.04 Å². The number of nitrogens with one attached hydrogen (secondary N) is 1. The van der Waals surface area contributed by atoms with Crippen LogP contribution in [0.4, 0.5) is 0 Å². The van der Waals surface area contributed by atoms with Gasteiger partial charge in [-0.1, -0.05) is 80.0 Å². The molecule has 0 aliphatic heterocycles. The van der Waals surface area contributed by atoms with Crippen molar-refractivity contribution in [3.05, 3.63) is 112 Å². The van der Waals surface area contributed by atoms with E-state index in [2.05, 4.69) is 35.9 Å². The summed E-state index contributed by atoms with van der Waals surface area (Å²) in [5, 5.41) is 4.77. The molecule has 1 unspecified atom stereocenters. The smallest absolute Gasteiger partial charge is 0.243 e. The van der Waals surface area contributed by atoms with E-state index in [0.717, 1.165) is 50.7 Å². The van der Waals surface area contributed by atoms with Gasteiger partial charge in [0, 0.05) is 29.3 Å². The van der Waals surface area contributed by atoms with Crippen molar-refractivity contribution in [2.45, 2.75) is 52.6 Å². The molecule has 6 nitrogen and oxygen atoms in total. The van der Waals surface area contributed by atoms with Crippen LogP contribution in [0.2, 0.25) is 5.02 Å². The number of hydrogen-bond acceptors (Lipinski definition) is 4. The number of halogens is 1. The Bertz CT molecular complexity index is 1660. The molecule has 0 aliphatic carbocycles. The number of aromatic nitrogens is 3. The van der Waals surface area contributed by atoms with Crippen LogP contribution in [0.25, 0.3) is 22.3 Å². The van der Waals surface area contributed by atoms with Gasteiger partial charge >= 0.3 is 0 Å². The number of aryl methyl sites for hydroxylation is 1. The fourth-order valence-electron chi connectivity index (χ4n) is 5.20. The molecule has 41 heavy (non-hydrogen) atoms. The van der Waals surface area contributed by atoms with Crippen molar-refractivity contribution >= 4 is 28.5 Å². The van der Waals surface area contributed by atoms with Gasteiger partial charge in [0.05, 0.1) is 18.5 Å². The number of benzene rings is 3. The first-order valence-electron chi connectivity index (χ1n) is 13.9. The molecule has 0 saturated heterocycles. The minimum atomic E-state index is -0.541. The van der Waals surface area contributed by atoms with Crippen LogP contribution in [0.1, 0.15) is 60.9 Å². The van der Waals surface area contributed by atoms with Crippen molar-refractivity contribution in [2.24, 2.45) is 0 Å². The normalized spacial score (nSPS) is 12.1. The second-order valence-electron chi connectivity index (χ2n) is 10.6. The van der Waals surface area contributed by atoms with Crippen molar-refractivity contribution in [2.75, 3.05) is 7.11 Å². The zero-order chi connectivity index (χ0) is 29.1. The van der Waals surface area contributed by atoms with Crippen LogP contribution in [0, 0.1) is 6.92 Å². The lowest BCUT2D eigenvalue weighted by atomic mass is 9.98. The predicted molar refractivity (Wildman–Crippen MR) is 166 cm³/mol. The summed E-state index contributed by atoms with van der Waals surface area (Å²) >= 11 is 6.30. The summed E-state index contributed by atoms with van der Waals surface area (Å²) in [4.78, 5) is 23.7. The molecule has 2 heterocycles. The molecule has 5 aromatic rings. The zero-order valence-electron chi connectivity index (χ0n) is 24.1. The Morgan fingerprint density at radius 2 is 1.61 bits per heavy atom. The van der Waals surface area contributed by atoms with Gasteiger partial charge in [-0.2, -0.15) is 0 Å². The highest BCUT2D eigenvalue weighted by Gasteiger charge is 2.28. The van der Waals surface area contributed by atoms with Crippen molar-refractivity contribution in [1.29, 1.82) is 0 Å². The first kappa shape index (κ1) is 28.4. The molecule has 0 spiro atoms. The van der Waals surface area contributed by atoms with Gasteiger partial charge in [-0.25, -0.2) is 9.97 Å². The highest BCUT2D eigenvalue weighted by atomic mass is 35.5. The van der Waals surface area contributed by atoms with E-state index in [4.69, 9.17) is 26.3 Å². The van der Waals surface area contributed by atoms with Gasteiger partial charge in [-0.15, -0.1) is 0 Å². The minimum Gasteiger partial charge on any atom is -0.497 e. The summed E-state index contributed by atoms with van der Waals surface area (Å²) in [5.74, 6) is 1.58. The van der Waals surface area contributed by atoms with Crippen LogP contribution < -0.4 is 10.1 Å². The molecule has 210 valence electrons. The molecule has 1 atom stereocenters. The quantitative estimate of drug-likeness (QED) is 0.199. The molecule has 7 heteroatoms. The molecular formula is C34H35ClN4O2.